The van der Waals surface area contributed by atoms with Gasteiger partial charge in [0.2, 0.25) is 0 Å². The molecule has 2 N–H and O–H groups in total. The normalized spacial score (nSPS) is 17.9. The molecule has 1 aliphatic carbocycles. The minimum Gasteiger partial charge on any atom is -0.490 e. The van der Waals surface area contributed by atoms with Gasteiger partial charge in [-0.15, -0.1) is 0 Å². The minimum atomic E-state index is -0.296. The van der Waals surface area contributed by atoms with Crippen LogP contribution in [0.25, 0.3) is 0 Å². The van der Waals surface area contributed by atoms with Gasteiger partial charge in [0.1, 0.15) is 5.75 Å². The molecular weight excluding hydrogens is 226 g/mol. The fourth-order valence-corrected chi connectivity index (χ4v) is 2.31. The van der Waals surface area contributed by atoms with Crippen LogP contribution in [0.2, 0.25) is 0 Å². The molecule has 0 bridgehead atoms. The van der Waals surface area contributed by atoms with E-state index in [4.69, 9.17) is 9.84 Å². The van der Waals surface area contributed by atoms with Gasteiger partial charge in [-0.2, -0.15) is 0 Å². The highest BCUT2D eigenvalue weighted by molar-refractivity contribution is 5.27. The molecule has 1 aromatic carbocycles. The molecule has 100 valence electrons. The standard InChI is InChI=1S/C15H23NO2/c1-12(17)10-16-11-13-6-8-15(9-7-13)18-14-4-2-3-5-14/h6-9,12,14,16-17H,2-5,10-11H2,1H3. The summed E-state index contributed by atoms with van der Waals surface area (Å²) >= 11 is 0. The van der Waals surface area contributed by atoms with Gasteiger partial charge in [-0.3, -0.25) is 0 Å². The smallest absolute Gasteiger partial charge is 0.119 e. The molecule has 0 aliphatic heterocycles. The highest BCUT2D eigenvalue weighted by Gasteiger charge is 2.16. The van der Waals surface area contributed by atoms with Crippen molar-refractivity contribution in [2.75, 3.05) is 6.54 Å². The molecule has 0 amide bonds. The Morgan fingerprint density at radius 3 is 2.56 bits per heavy atom. The maximum absolute atomic E-state index is 9.15. The van der Waals surface area contributed by atoms with Gasteiger partial charge >= 0.3 is 0 Å². The lowest BCUT2D eigenvalue weighted by Crippen LogP contribution is -2.23. The van der Waals surface area contributed by atoms with Gasteiger partial charge in [0.15, 0.2) is 0 Å². The van der Waals surface area contributed by atoms with E-state index in [1.807, 2.05) is 12.1 Å². The summed E-state index contributed by atoms with van der Waals surface area (Å²) in [5, 5.41) is 12.4. The second kappa shape index (κ2) is 6.76. The van der Waals surface area contributed by atoms with Crippen LogP contribution in [0.15, 0.2) is 24.3 Å². The second-order valence-electron chi connectivity index (χ2n) is 5.15. The van der Waals surface area contributed by atoms with Gasteiger partial charge < -0.3 is 15.2 Å². The Morgan fingerprint density at radius 1 is 1.28 bits per heavy atom. The summed E-state index contributed by atoms with van der Waals surface area (Å²) in [4.78, 5) is 0. The Hall–Kier alpha value is -1.06. The van der Waals surface area contributed by atoms with E-state index in [0.29, 0.717) is 12.6 Å². The summed E-state index contributed by atoms with van der Waals surface area (Å²) in [6.07, 6.45) is 5.10. The largest absolute Gasteiger partial charge is 0.490 e. The number of nitrogens with one attached hydrogen (secondary N) is 1. The van der Waals surface area contributed by atoms with Crippen molar-refractivity contribution in [2.24, 2.45) is 0 Å². The number of rotatable bonds is 6. The second-order valence-corrected chi connectivity index (χ2v) is 5.15. The summed E-state index contributed by atoms with van der Waals surface area (Å²) in [5.41, 5.74) is 1.22. The number of ether oxygens (including phenoxy) is 1. The lowest BCUT2D eigenvalue weighted by molar-refractivity contribution is 0.191. The van der Waals surface area contributed by atoms with Crippen LogP contribution in [-0.4, -0.2) is 23.9 Å². The summed E-state index contributed by atoms with van der Waals surface area (Å²) in [6.45, 7) is 3.19. The molecule has 2 rings (SSSR count). The van der Waals surface area contributed by atoms with Gasteiger partial charge in [-0.1, -0.05) is 12.1 Å². The topological polar surface area (TPSA) is 41.5 Å². The van der Waals surface area contributed by atoms with Gasteiger partial charge in [0.25, 0.3) is 0 Å². The first-order valence-corrected chi connectivity index (χ1v) is 6.88. The molecule has 0 spiro atoms. The average Bonchev–Trinajstić information content (AvgIpc) is 2.84. The van der Waals surface area contributed by atoms with Crippen molar-refractivity contribution in [3.8, 4) is 5.75 Å². The molecule has 0 radical (unpaired) electrons. The van der Waals surface area contributed by atoms with Crippen LogP contribution in [0, 0.1) is 0 Å². The monoisotopic (exact) mass is 249 g/mol. The molecule has 0 aromatic heterocycles. The molecule has 18 heavy (non-hydrogen) atoms. The molecule has 1 atom stereocenters. The molecule has 1 saturated carbocycles. The van der Waals surface area contributed by atoms with Crippen LogP contribution >= 0.6 is 0 Å². The van der Waals surface area contributed by atoms with E-state index >= 15 is 0 Å². The third-order valence-electron chi connectivity index (χ3n) is 3.30. The van der Waals surface area contributed by atoms with Gasteiger partial charge in [0.05, 0.1) is 12.2 Å². The number of aliphatic hydroxyl groups excluding tert-OH is 1. The fraction of sp³-hybridized carbons (Fsp3) is 0.600. The van der Waals surface area contributed by atoms with Crippen molar-refractivity contribution in [3.63, 3.8) is 0 Å². The van der Waals surface area contributed by atoms with Crippen molar-refractivity contribution in [1.82, 2.24) is 5.32 Å². The first-order valence-electron chi connectivity index (χ1n) is 6.88. The Labute approximate surface area is 109 Å². The Balaban J connectivity index is 1.77. The van der Waals surface area contributed by atoms with Crippen molar-refractivity contribution < 1.29 is 9.84 Å². The Kier molecular flexibility index (Phi) is 5.02. The molecule has 1 aromatic rings. The van der Waals surface area contributed by atoms with Gasteiger partial charge in [-0.05, 0) is 50.3 Å². The molecule has 0 heterocycles. The molecule has 1 unspecified atom stereocenters. The number of benzene rings is 1. The van der Waals surface area contributed by atoms with Crippen LogP contribution in [0.5, 0.6) is 5.75 Å². The number of aliphatic hydroxyl groups is 1. The van der Waals surface area contributed by atoms with E-state index in [1.54, 1.807) is 6.92 Å². The first kappa shape index (κ1) is 13.4. The van der Waals surface area contributed by atoms with Crippen LogP contribution in [0.1, 0.15) is 38.2 Å². The minimum absolute atomic E-state index is 0.296. The number of hydrogen-bond acceptors (Lipinski definition) is 3. The fourth-order valence-electron chi connectivity index (χ4n) is 2.31. The zero-order valence-corrected chi connectivity index (χ0v) is 11.1. The van der Waals surface area contributed by atoms with Crippen molar-refractivity contribution >= 4 is 0 Å². The summed E-state index contributed by atoms with van der Waals surface area (Å²) in [5.74, 6) is 0.973. The lowest BCUT2D eigenvalue weighted by Gasteiger charge is -2.13. The van der Waals surface area contributed by atoms with Crippen molar-refractivity contribution in [3.05, 3.63) is 29.8 Å². The molecule has 0 saturated heterocycles. The van der Waals surface area contributed by atoms with E-state index in [-0.39, 0.29) is 6.10 Å². The summed E-state index contributed by atoms with van der Waals surface area (Å²) in [6, 6.07) is 8.24. The van der Waals surface area contributed by atoms with Crippen LogP contribution in [0.4, 0.5) is 0 Å². The lowest BCUT2D eigenvalue weighted by atomic mass is 10.2. The molecule has 3 heteroatoms. The van der Waals surface area contributed by atoms with Crippen LogP contribution in [0.3, 0.4) is 0 Å². The van der Waals surface area contributed by atoms with E-state index in [2.05, 4.69) is 17.4 Å². The van der Waals surface area contributed by atoms with Crippen LogP contribution in [-0.2, 0) is 6.54 Å². The van der Waals surface area contributed by atoms with Gasteiger partial charge in [0, 0.05) is 13.1 Å². The maximum atomic E-state index is 9.15. The average molecular weight is 249 g/mol. The highest BCUT2D eigenvalue weighted by Crippen LogP contribution is 2.24. The van der Waals surface area contributed by atoms with Gasteiger partial charge in [-0.25, -0.2) is 0 Å². The number of hydrogen-bond donors (Lipinski definition) is 2. The molecule has 1 fully saturated rings. The summed E-state index contributed by atoms with van der Waals surface area (Å²) < 4.78 is 5.91. The first-order chi connectivity index (χ1) is 8.74. The zero-order chi connectivity index (χ0) is 12.8. The Morgan fingerprint density at radius 2 is 1.94 bits per heavy atom. The maximum Gasteiger partial charge on any atom is 0.119 e. The third kappa shape index (κ3) is 4.31. The predicted octanol–water partition coefficient (Wildman–Crippen LogP) is 2.48. The van der Waals surface area contributed by atoms with E-state index in [9.17, 15) is 0 Å². The Bertz CT molecular complexity index is 342. The third-order valence-corrected chi connectivity index (χ3v) is 3.30. The van der Waals surface area contributed by atoms with Crippen molar-refractivity contribution in [1.29, 1.82) is 0 Å². The quantitative estimate of drug-likeness (QED) is 0.814. The van der Waals surface area contributed by atoms with E-state index in [0.717, 1.165) is 12.3 Å². The molecule has 3 nitrogen and oxygen atoms in total. The van der Waals surface area contributed by atoms with E-state index < -0.39 is 0 Å². The van der Waals surface area contributed by atoms with Crippen molar-refractivity contribution in [2.45, 2.75) is 51.4 Å². The summed E-state index contributed by atoms with van der Waals surface area (Å²) in [7, 11) is 0. The van der Waals surface area contributed by atoms with Crippen LogP contribution < -0.4 is 10.1 Å². The zero-order valence-electron chi connectivity index (χ0n) is 11.1. The molecular formula is C15H23NO2. The predicted molar refractivity (Wildman–Crippen MR) is 72.7 cm³/mol. The molecule has 1 aliphatic rings. The SMILES string of the molecule is CC(O)CNCc1ccc(OC2CCCC2)cc1. The highest BCUT2D eigenvalue weighted by atomic mass is 16.5. The van der Waals surface area contributed by atoms with E-state index in [1.165, 1.54) is 31.2 Å².